The molecule has 0 aromatic heterocycles. The van der Waals surface area contributed by atoms with Gasteiger partial charge in [-0.1, -0.05) is 44.2 Å². The SMILES string of the molecule is CC(C)C(NC(=O)OCc1ccccc1)C(=O)N[C@@H](CO)C(=O)O. The Bertz CT molecular complexity index is 561. The van der Waals surface area contributed by atoms with Gasteiger partial charge >= 0.3 is 12.1 Å². The average molecular weight is 338 g/mol. The summed E-state index contributed by atoms with van der Waals surface area (Å²) in [6.45, 7) is 2.69. The van der Waals surface area contributed by atoms with Gasteiger partial charge in [-0.05, 0) is 11.5 Å². The van der Waals surface area contributed by atoms with E-state index in [2.05, 4.69) is 10.6 Å². The Labute approximate surface area is 139 Å². The van der Waals surface area contributed by atoms with Gasteiger partial charge in [0.05, 0.1) is 6.61 Å². The third-order valence-corrected chi connectivity index (χ3v) is 3.23. The van der Waals surface area contributed by atoms with Crippen LogP contribution in [0.3, 0.4) is 0 Å². The molecule has 8 nitrogen and oxygen atoms in total. The number of rotatable bonds is 8. The van der Waals surface area contributed by atoms with Crippen molar-refractivity contribution in [1.82, 2.24) is 10.6 Å². The molecule has 0 aliphatic carbocycles. The molecule has 0 aliphatic rings. The van der Waals surface area contributed by atoms with Crippen LogP contribution in [0.4, 0.5) is 4.79 Å². The van der Waals surface area contributed by atoms with Crippen LogP contribution in [0, 0.1) is 5.92 Å². The number of carboxylic acids is 1. The van der Waals surface area contributed by atoms with Crippen molar-refractivity contribution in [3.63, 3.8) is 0 Å². The molecule has 4 N–H and O–H groups in total. The zero-order chi connectivity index (χ0) is 18.1. The zero-order valence-electron chi connectivity index (χ0n) is 13.6. The van der Waals surface area contributed by atoms with Crippen LogP contribution < -0.4 is 10.6 Å². The quantitative estimate of drug-likeness (QED) is 0.547. The summed E-state index contributed by atoms with van der Waals surface area (Å²) in [6.07, 6.45) is -0.788. The Hall–Kier alpha value is -2.61. The second-order valence-electron chi connectivity index (χ2n) is 5.51. The molecule has 0 fully saturated rings. The van der Waals surface area contributed by atoms with E-state index in [0.717, 1.165) is 5.56 Å². The number of aliphatic hydroxyl groups is 1. The van der Waals surface area contributed by atoms with E-state index < -0.39 is 36.7 Å². The Balaban J connectivity index is 2.59. The van der Waals surface area contributed by atoms with Gasteiger partial charge in [0.2, 0.25) is 5.91 Å². The molecule has 0 saturated carbocycles. The van der Waals surface area contributed by atoms with Crippen LogP contribution in [0.15, 0.2) is 30.3 Å². The number of amides is 2. The first-order valence-electron chi connectivity index (χ1n) is 7.46. The van der Waals surface area contributed by atoms with Gasteiger partial charge in [-0.3, -0.25) is 4.79 Å². The highest BCUT2D eigenvalue weighted by Gasteiger charge is 2.28. The van der Waals surface area contributed by atoms with Crippen molar-refractivity contribution in [1.29, 1.82) is 0 Å². The lowest BCUT2D eigenvalue weighted by Crippen LogP contribution is -2.54. The lowest BCUT2D eigenvalue weighted by atomic mass is 10.0. The molecule has 2 atom stereocenters. The molecule has 0 aliphatic heterocycles. The fourth-order valence-corrected chi connectivity index (χ4v) is 1.87. The maximum atomic E-state index is 12.1. The number of carbonyl (C=O) groups excluding carboxylic acids is 2. The van der Waals surface area contributed by atoms with E-state index in [1.54, 1.807) is 26.0 Å². The first kappa shape index (κ1) is 19.4. The molecule has 2 amide bonds. The van der Waals surface area contributed by atoms with Crippen molar-refractivity contribution in [3.05, 3.63) is 35.9 Å². The number of alkyl carbamates (subject to hydrolysis) is 1. The average Bonchev–Trinajstić information content (AvgIpc) is 2.55. The van der Waals surface area contributed by atoms with Crippen molar-refractivity contribution in [2.45, 2.75) is 32.5 Å². The number of hydrogen-bond donors (Lipinski definition) is 4. The molecule has 1 rings (SSSR count). The number of aliphatic hydroxyl groups excluding tert-OH is 1. The molecule has 132 valence electrons. The van der Waals surface area contributed by atoms with Crippen LogP contribution in [0.5, 0.6) is 0 Å². The van der Waals surface area contributed by atoms with Gasteiger partial charge in [0, 0.05) is 0 Å². The van der Waals surface area contributed by atoms with Gasteiger partial charge < -0.3 is 25.6 Å². The Morgan fingerprint density at radius 2 is 1.75 bits per heavy atom. The van der Waals surface area contributed by atoms with Gasteiger partial charge in [0.25, 0.3) is 0 Å². The Morgan fingerprint density at radius 1 is 1.12 bits per heavy atom. The largest absolute Gasteiger partial charge is 0.480 e. The molecular weight excluding hydrogens is 316 g/mol. The number of ether oxygens (including phenoxy) is 1. The lowest BCUT2D eigenvalue weighted by Gasteiger charge is -2.23. The van der Waals surface area contributed by atoms with E-state index in [-0.39, 0.29) is 12.5 Å². The van der Waals surface area contributed by atoms with Crippen LogP contribution >= 0.6 is 0 Å². The van der Waals surface area contributed by atoms with Gasteiger partial charge in [-0.25, -0.2) is 9.59 Å². The van der Waals surface area contributed by atoms with E-state index in [1.807, 2.05) is 18.2 Å². The highest BCUT2D eigenvalue weighted by Crippen LogP contribution is 2.05. The second kappa shape index (κ2) is 9.51. The number of hydrogen-bond acceptors (Lipinski definition) is 5. The number of nitrogens with one attached hydrogen (secondary N) is 2. The fourth-order valence-electron chi connectivity index (χ4n) is 1.87. The van der Waals surface area contributed by atoms with Crippen LogP contribution in [0.25, 0.3) is 0 Å². The lowest BCUT2D eigenvalue weighted by molar-refractivity contribution is -0.143. The van der Waals surface area contributed by atoms with E-state index >= 15 is 0 Å². The molecule has 0 heterocycles. The van der Waals surface area contributed by atoms with Crippen molar-refractivity contribution >= 4 is 18.0 Å². The predicted molar refractivity (Wildman–Crippen MR) is 85.0 cm³/mol. The fraction of sp³-hybridized carbons (Fsp3) is 0.438. The maximum Gasteiger partial charge on any atom is 0.408 e. The molecule has 0 bridgehead atoms. The van der Waals surface area contributed by atoms with E-state index in [1.165, 1.54) is 0 Å². The van der Waals surface area contributed by atoms with Gasteiger partial charge in [-0.2, -0.15) is 0 Å². The van der Waals surface area contributed by atoms with Crippen molar-refractivity contribution in [2.75, 3.05) is 6.61 Å². The molecule has 1 aromatic carbocycles. The summed E-state index contributed by atoms with van der Waals surface area (Å²) in [7, 11) is 0. The summed E-state index contributed by atoms with van der Waals surface area (Å²) in [4.78, 5) is 34.8. The number of aliphatic carboxylic acids is 1. The standard InChI is InChI=1S/C16H22N2O6/c1-10(2)13(14(20)17-12(8-19)15(21)22)18-16(23)24-9-11-6-4-3-5-7-11/h3-7,10,12-13,19H,8-9H2,1-2H3,(H,17,20)(H,18,23)(H,21,22)/t12-,13?/m0/s1. The van der Waals surface area contributed by atoms with Crippen molar-refractivity contribution < 1.29 is 29.3 Å². The van der Waals surface area contributed by atoms with Gasteiger partial charge in [-0.15, -0.1) is 0 Å². The molecule has 1 unspecified atom stereocenters. The smallest absolute Gasteiger partial charge is 0.408 e. The number of carboxylic acid groups (broad SMARTS) is 1. The van der Waals surface area contributed by atoms with Crippen LogP contribution in [-0.4, -0.2) is 46.9 Å². The third kappa shape index (κ3) is 6.25. The van der Waals surface area contributed by atoms with Crippen LogP contribution in [-0.2, 0) is 20.9 Å². The highest BCUT2D eigenvalue weighted by atomic mass is 16.5. The van der Waals surface area contributed by atoms with E-state index in [9.17, 15) is 14.4 Å². The minimum absolute atomic E-state index is 0.0491. The molecule has 24 heavy (non-hydrogen) atoms. The van der Waals surface area contributed by atoms with Crippen molar-refractivity contribution in [2.24, 2.45) is 5.92 Å². The summed E-state index contributed by atoms with van der Waals surface area (Å²) in [6, 6.07) is 6.62. The molecular formula is C16H22N2O6. The van der Waals surface area contributed by atoms with E-state index in [0.29, 0.717) is 0 Å². The molecule has 8 heteroatoms. The first-order chi connectivity index (χ1) is 11.3. The third-order valence-electron chi connectivity index (χ3n) is 3.23. The van der Waals surface area contributed by atoms with Crippen LogP contribution in [0.2, 0.25) is 0 Å². The number of carbonyl (C=O) groups is 3. The summed E-state index contributed by atoms with van der Waals surface area (Å²) in [5.41, 5.74) is 0.796. The molecule has 1 aromatic rings. The minimum atomic E-state index is -1.43. The molecule has 0 spiro atoms. The predicted octanol–water partition coefficient (Wildman–Crippen LogP) is 0.499. The maximum absolute atomic E-state index is 12.1. The van der Waals surface area contributed by atoms with Gasteiger partial charge in [0.1, 0.15) is 18.7 Å². The van der Waals surface area contributed by atoms with Crippen molar-refractivity contribution in [3.8, 4) is 0 Å². The number of benzene rings is 1. The zero-order valence-corrected chi connectivity index (χ0v) is 13.6. The Kier molecular flexibility index (Phi) is 7.70. The van der Waals surface area contributed by atoms with Crippen LogP contribution in [0.1, 0.15) is 19.4 Å². The monoisotopic (exact) mass is 338 g/mol. The molecule has 0 radical (unpaired) electrons. The Morgan fingerprint density at radius 3 is 2.25 bits per heavy atom. The summed E-state index contributed by atoms with van der Waals surface area (Å²) >= 11 is 0. The van der Waals surface area contributed by atoms with Gasteiger partial charge in [0.15, 0.2) is 0 Å². The topological polar surface area (TPSA) is 125 Å². The minimum Gasteiger partial charge on any atom is -0.480 e. The summed E-state index contributed by atoms with van der Waals surface area (Å²) in [5, 5.41) is 22.4. The first-order valence-corrected chi connectivity index (χ1v) is 7.46. The normalized spacial score (nSPS) is 13.0. The van der Waals surface area contributed by atoms with E-state index in [4.69, 9.17) is 14.9 Å². The summed E-state index contributed by atoms with van der Waals surface area (Å²) < 4.78 is 5.04. The highest BCUT2D eigenvalue weighted by molar-refractivity contribution is 5.89. The molecule has 0 saturated heterocycles. The second-order valence-corrected chi connectivity index (χ2v) is 5.51. The summed E-state index contributed by atoms with van der Waals surface area (Å²) in [5.74, 6) is -2.37.